The van der Waals surface area contributed by atoms with Gasteiger partial charge in [-0.1, -0.05) is 6.92 Å². The summed E-state index contributed by atoms with van der Waals surface area (Å²) in [7, 11) is 0. The quantitative estimate of drug-likeness (QED) is 0.629. The van der Waals surface area contributed by atoms with Gasteiger partial charge < -0.3 is 0 Å². The Kier molecular flexibility index (Phi) is 1.96. The van der Waals surface area contributed by atoms with Crippen molar-refractivity contribution in [1.82, 2.24) is 0 Å². The van der Waals surface area contributed by atoms with Crippen LogP contribution >= 0.6 is 47.0 Å². The minimum absolute atomic E-state index is 0.572. The Labute approximate surface area is 90.8 Å². The van der Waals surface area contributed by atoms with E-state index in [0.29, 0.717) is 4.08 Å². The smallest absolute Gasteiger partial charge is 0.0624 e. The van der Waals surface area contributed by atoms with Crippen LogP contribution in [0.15, 0.2) is 0 Å². The number of hydrogen-bond donors (Lipinski definition) is 0. The van der Waals surface area contributed by atoms with Crippen LogP contribution in [-0.4, -0.2) is 17.8 Å². The molecule has 0 saturated carbocycles. The molecular formula is C8H12S4. The first-order chi connectivity index (χ1) is 5.66. The lowest BCUT2D eigenvalue weighted by molar-refractivity contribution is 0.644. The van der Waals surface area contributed by atoms with Gasteiger partial charge in [-0.15, -0.1) is 47.0 Å². The minimum Gasteiger partial charge on any atom is -0.133 e. The van der Waals surface area contributed by atoms with E-state index in [1.807, 2.05) is 0 Å². The molecule has 0 radical (unpaired) electrons. The third kappa shape index (κ3) is 1.17. The lowest BCUT2D eigenvalue weighted by Crippen LogP contribution is -2.46. The largest absolute Gasteiger partial charge is 0.133 e. The molecule has 4 heterocycles. The van der Waals surface area contributed by atoms with Crippen molar-refractivity contribution in [3.05, 3.63) is 0 Å². The molecule has 0 aromatic rings. The fraction of sp³-hybridized carbons (Fsp3) is 1.00. The maximum absolute atomic E-state index is 2.45. The highest BCUT2D eigenvalue weighted by Gasteiger charge is 2.54. The minimum atomic E-state index is 0.572. The molecule has 0 aliphatic carbocycles. The highest BCUT2D eigenvalue weighted by molar-refractivity contribution is 8.36. The molecule has 4 bridgehead atoms. The van der Waals surface area contributed by atoms with Gasteiger partial charge in [0.25, 0.3) is 0 Å². The predicted octanol–water partition coefficient (Wildman–Crippen LogP) is 3.68. The maximum atomic E-state index is 2.45. The summed E-state index contributed by atoms with van der Waals surface area (Å²) < 4.78 is 3.30. The Morgan fingerprint density at radius 2 is 1.75 bits per heavy atom. The predicted molar refractivity (Wildman–Crippen MR) is 63.9 cm³/mol. The SMILES string of the molecule is CC1[C@@H]2SC3CC(C)(S2)S[C@@H]1S3. The normalized spacial score (nSPS) is 62.5. The summed E-state index contributed by atoms with van der Waals surface area (Å²) in [5, 5.41) is 0. The zero-order valence-corrected chi connectivity index (χ0v) is 10.4. The maximum Gasteiger partial charge on any atom is 0.0624 e. The van der Waals surface area contributed by atoms with Gasteiger partial charge in [0.15, 0.2) is 0 Å². The second-order valence-electron chi connectivity index (χ2n) is 3.87. The molecule has 0 aromatic carbocycles. The van der Waals surface area contributed by atoms with Gasteiger partial charge in [-0.2, -0.15) is 0 Å². The monoisotopic (exact) mass is 236 g/mol. The van der Waals surface area contributed by atoms with Gasteiger partial charge in [-0.25, -0.2) is 0 Å². The van der Waals surface area contributed by atoms with Gasteiger partial charge >= 0.3 is 0 Å². The zero-order chi connectivity index (χ0) is 8.34. The van der Waals surface area contributed by atoms with Crippen molar-refractivity contribution in [3.8, 4) is 0 Å². The average molecular weight is 236 g/mol. The Balaban J connectivity index is 1.95. The van der Waals surface area contributed by atoms with E-state index >= 15 is 0 Å². The van der Waals surface area contributed by atoms with Crippen LogP contribution in [-0.2, 0) is 0 Å². The van der Waals surface area contributed by atoms with Crippen LogP contribution < -0.4 is 0 Å². The topological polar surface area (TPSA) is 0 Å². The van der Waals surface area contributed by atoms with Gasteiger partial charge in [-0.3, -0.25) is 0 Å². The number of hydrogen-bond acceptors (Lipinski definition) is 4. The van der Waals surface area contributed by atoms with Crippen molar-refractivity contribution >= 4 is 47.0 Å². The fourth-order valence-electron chi connectivity index (χ4n) is 1.99. The molecule has 4 fully saturated rings. The van der Waals surface area contributed by atoms with E-state index in [2.05, 4.69) is 60.9 Å². The van der Waals surface area contributed by atoms with E-state index in [1.165, 1.54) is 6.42 Å². The van der Waals surface area contributed by atoms with Crippen LogP contribution in [0.1, 0.15) is 20.3 Å². The van der Waals surface area contributed by atoms with Crippen molar-refractivity contribution in [3.63, 3.8) is 0 Å². The van der Waals surface area contributed by atoms with Gasteiger partial charge in [0.05, 0.1) is 17.8 Å². The molecule has 0 N–H and O–H groups in total. The molecule has 0 spiro atoms. The van der Waals surface area contributed by atoms with E-state index in [1.54, 1.807) is 0 Å². The molecule has 4 aliphatic rings. The molecule has 68 valence electrons. The van der Waals surface area contributed by atoms with Gasteiger partial charge in [-0.05, 0) is 19.3 Å². The van der Waals surface area contributed by atoms with Gasteiger partial charge in [0, 0.05) is 0 Å². The zero-order valence-electron chi connectivity index (χ0n) is 7.15. The van der Waals surface area contributed by atoms with E-state index in [9.17, 15) is 0 Å². The molecule has 0 nitrogen and oxygen atoms in total. The fourth-order valence-corrected chi connectivity index (χ4v) is 12.5. The van der Waals surface area contributed by atoms with Gasteiger partial charge in [0.1, 0.15) is 0 Å². The molecule has 5 atom stereocenters. The molecule has 12 heavy (non-hydrogen) atoms. The molecular weight excluding hydrogens is 224 g/mol. The van der Waals surface area contributed by atoms with Crippen molar-refractivity contribution < 1.29 is 0 Å². The standard InChI is InChI=1S/C8H12S4/c1-4-6-9-5-3-8(2,11-6)12-7(4)10-5/h4-7H,3H2,1-2H3/t4?,5?,6-,7+,8?. The summed E-state index contributed by atoms with van der Waals surface area (Å²) in [6, 6.07) is 0. The van der Waals surface area contributed by atoms with E-state index < -0.39 is 0 Å². The van der Waals surface area contributed by atoms with Crippen molar-refractivity contribution in [1.29, 1.82) is 0 Å². The summed E-state index contributed by atoms with van der Waals surface area (Å²) in [5.74, 6) is 0.916. The molecule has 3 unspecified atom stereocenters. The molecule has 4 saturated heterocycles. The van der Waals surface area contributed by atoms with Crippen LogP contribution in [0.5, 0.6) is 0 Å². The third-order valence-electron chi connectivity index (χ3n) is 2.70. The van der Waals surface area contributed by atoms with Crippen LogP contribution in [0.3, 0.4) is 0 Å². The first-order valence-electron chi connectivity index (χ1n) is 4.33. The first kappa shape index (κ1) is 8.69. The summed E-state index contributed by atoms with van der Waals surface area (Å²) in [4.78, 5) is 0. The molecule has 0 amide bonds. The van der Waals surface area contributed by atoms with Crippen molar-refractivity contribution in [2.24, 2.45) is 5.92 Å². The number of thioether (sulfide) groups is 4. The van der Waals surface area contributed by atoms with Crippen molar-refractivity contribution in [2.75, 3.05) is 0 Å². The summed E-state index contributed by atoms with van der Waals surface area (Å²) in [5.41, 5.74) is 0. The summed E-state index contributed by atoms with van der Waals surface area (Å²) in [6.07, 6.45) is 1.41. The molecule has 4 aliphatic heterocycles. The Morgan fingerprint density at radius 3 is 2.25 bits per heavy atom. The van der Waals surface area contributed by atoms with Crippen LogP contribution in [0.4, 0.5) is 0 Å². The molecule has 4 rings (SSSR count). The van der Waals surface area contributed by atoms with E-state index in [-0.39, 0.29) is 0 Å². The lowest BCUT2D eigenvalue weighted by Gasteiger charge is -2.56. The van der Waals surface area contributed by atoms with Crippen molar-refractivity contribution in [2.45, 2.75) is 38.1 Å². The second kappa shape index (κ2) is 2.71. The molecule has 4 heteroatoms. The highest BCUT2D eigenvalue weighted by atomic mass is 32.3. The van der Waals surface area contributed by atoms with Crippen LogP contribution in [0.25, 0.3) is 0 Å². The Hall–Kier alpha value is 1.40. The number of rotatable bonds is 0. The average Bonchev–Trinajstić information content (AvgIpc) is 1.96. The summed E-state index contributed by atoms with van der Waals surface area (Å²) >= 11 is 8.91. The first-order valence-corrected chi connectivity index (χ1v) is 7.97. The summed E-state index contributed by atoms with van der Waals surface area (Å²) in [6.45, 7) is 4.87. The van der Waals surface area contributed by atoms with Crippen LogP contribution in [0.2, 0.25) is 0 Å². The Morgan fingerprint density at radius 1 is 1.17 bits per heavy atom. The van der Waals surface area contributed by atoms with E-state index in [4.69, 9.17) is 0 Å². The Bertz CT molecular complexity index is 201. The van der Waals surface area contributed by atoms with Crippen LogP contribution in [0, 0.1) is 5.92 Å². The van der Waals surface area contributed by atoms with E-state index in [0.717, 1.165) is 19.7 Å². The molecule has 0 aromatic heterocycles. The van der Waals surface area contributed by atoms with Gasteiger partial charge in [0.2, 0.25) is 0 Å². The second-order valence-corrected chi connectivity index (χ2v) is 11.0. The highest BCUT2D eigenvalue weighted by Crippen LogP contribution is 2.70. The third-order valence-corrected chi connectivity index (χ3v) is 10.2. The lowest BCUT2D eigenvalue weighted by atomic mass is 10.2.